The third kappa shape index (κ3) is 4.96. The molecular weight excluding hydrogens is 370 g/mol. The minimum absolute atomic E-state index is 0.0517. The molecule has 1 heterocycles. The number of nitro benzene ring substituents is 1. The maximum atomic E-state index is 12.3. The molecule has 29 heavy (non-hydrogen) atoms. The fourth-order valence-electron chi connectivity index (χ4n) is 2.63. The van der Waals surface area contributed by atoms with Crippen LogP contribution < -0.4 is 5.32 Å². The molecule has 0 aliphatic rings. The Morgan fingerprint density at radius 3 is 2.66 bits per heavy atom. The van der Waals surface area contributed by atoms with Crippen molar-refractivity contribution in [3.63, 3.8) is 0 Å². The van der Waals surface area contributed by atoms with Gasteiger partial charge >= 0.3 is 0 Å². The zero-order chi connectivity index (χ0) is 20.8. The van der Waals surface area contributed by atoms with Gasteiger partial charge in [0.2, 0.25) is 0 Å². The Morgan fingerprint density at radius 1 is 1.21 bits per heavy atom. The number of non-ortho nitro benzene ring substituents is 1. The van der Waals surface area contributed by atoms with Crippen LogP contribution in [0.15, 0.2) is 70.7 Å². The van der Waals surface area contributed by atoms with E-state index in [9.17, 15) is 20.2 Å². The molecule has 1 N–H and O–H groups in total. The number of furan rings is 1. The van der Waals surface area contributed by atoms with Crippen molar-refractivity contribution in [2.45, 2.75) is 13.5 Å². The van der Waals surface area contributed by atoms with E-state index in [4.69, 9.17) is 4.42 Å². The normalized spacial score (nSPS) is 11.0. The quantitative estimate of drug-likeness (QED) is 0.292. The first kappa shape index (κ1) is 19.6. The van der Waals surface area contributed by atoms with Crippen LogP contribution in [0.5, 0.6) is 0 Å². The summed E-state index contributed by atoms with van der Waals surface area (Å²) in [5.41, 5.74) is 2.42. The van der Waals surface area contributed by atoms with Gasteiger partial charge in [-0.15, -0.1) is 0 Å². The Balaban J connectivity index is 1.73. The van der Waals surface area contributed by atoms with Crippen LogP contribution in [0.3, 0.4) is 0 Å². The Morgan fingerprint density at radius 2 is 1.97 bits per heavy atom. The highest BCUT2D eigenvalue weighted by molar-refractivity contribution is 6.01. The van der Waals surface area contributed by atoms with E-state index >= 15 is 0 Å². The van der Waals surface area contributed by atoms with Gasteiger partial charge in [0, 0.05) is 30.3 Å². The van der Waals surface area contributed by atoms with Crippen molar-refractivity contribution >= 4 is 17.7 Å². The van der Waals surface area contributed by atoms with Crippen LogP contribution in [0.25, 0.3) is 17.4 Å². The molecule has 0 fully saturated rings. The smallest absolute Gasteiger partial charge is 0.270 e. The standard InChI is InChI=1S/C22H17N3O4/c1-15-5-7-16(8-6-15)14-24-22(26)18(13-23)12-20-9-10-21(29-20)17-3-2-4-19(11-17)25(27)28/h2-12H,14H2,1H3,(H,24,26). The Hall–Kier alpha value is -4.18. The van der Waals surface area contributed by atoms with Crippen LogP contribution >= 0.6 is 0 Å². The molecule has 0 saturated carbocycles. The summed E-state index contributed by atoms with van der Waals surface area (Å²) in [6.45, 7) is 2.28. The fraction of sp³-hybridized carbons (Fsp3) is 0.0909. The molecule has 7 nitrogen and oxygen atoms in total. The number of amides is 1. The number of rotatable bonds is 6. The lowest BCUT2D eigenvalue weighted by Crippen LogP contribution is -2.23. The van der Waals surface area contributed by atoms with Gasteiger partial charge in [0.25, 0.3) is 11.6 Å². The second-order valence-electron chi connectivity index (χ2n) is 6.35. The molecule has 0 aliphatic heterocycles. The molecule has 7 heteroatoms. The first-order chi connectivity index (χ1) is 14.0. The largest absolute Gasteiger partial charge is 0.457 e. The predicted octanol–water partition coefficient (Wildman–Crippen LogP) is 4.39. The maximum absolute atomic E-state index is 12.3. The molecule has 2 aromatic carbocycles. The molecular formula is C22H17N3O4. The van der Waals surface area contributed by atoms with Crippen LogP contribution in [-0.2, 0) is 11.3 Å². The summed E-state index contributed by atoms with van der Waals surface area (Å²) in [5.74, 6) is 0.187. The minimum Gasteiger partial charge on any atom is -0.457 e. The van der Waals surface area contributed by atoms with Gasteiger partial charge in [-0.05, 0) is 24.6 Å². The van der Waals surface area contributed by atoms with Crippen LogP contribution in [0.1, 0.15) is 16.9 Å². The Kier molecular flexibility index (Phi) is 5.85. The third-order valence-electron chi connectivity index (χ3n) is 4.19. The minimum atomic E-state index is -0.513. The van der Waals surface area contributed by atoms with Crippen LogP contribution in [0, 0.1) is 28.4 Å². The van der Waals surface area contributed by atoms with Crippen molar-refractivity contribution in [2.24, 2.45) is 0 Å². The molecule has 0 spiro atoms. The highest BCUT2D eigenvalue weighted by Crippen LogP contribution is 2.26. The summed E-state index contributed by atoms with van der Waals surface area (Å²) < 4.78 is 5.63. The number of benzene rings is 2. The average molecular weight is 387 g/mol. The number of nitriles is 1. The zero-order valence-electron chi connectivity index (χ0n) is 15.6. The molecule has 1 amide bonds. The predicted molar refractivity (Wildman–Crippen MR) is 107 cm³/mol. The molecule has 3 rings (SSSR count). The molecule has 0 bridgehead atoms. The van der Waals surface area contributed by atoms with E-state index in [1.165, 1.54) is 18.2 Å². The lowest BCUT2D eigenvalue weighted by Gasteiger charge is -2.04. The number of nitrogens with one attached hydrogen (secondary N) is 1. The summed E-state index contributed by atoms with van der Waals surface area (Å²) in [6.07, 6.45) is 1.34. The van der Waals surface area contributed by atoms with Gasteiger partial charge in [-0.3, -0.25) is 14.9 Å². The van der Waals surface area contributed by atoms with E-state index < -0.39 is 10.8 Å². The number of hydrogen-bond donors (Lipinski definition) is 1. The SMILES string of the molecule is Cc1ccc(CNC(=O)C(C#N)=Cc2ccc(-c3cccc([N+](=O)[O-])c3)o2)cc1. The number of nitro groups is 1. The molecule has 144 valence electrons. The summed E-state index contributed by atoms with van der Waals surface area (Å²) in [7, 11) is 0. The second-order valence-corrected chi connectivity index (χ2v) is 6.35. The van der Waals surface area contributed by atoms with Gasteiger partial charge in [0.05, 0.1) is 4.92 Å². The van der Waals surface area contributed by atoms with Crippen LogP contribution in [0.4, 0.5) is 5.69 Å². The monoisotopic (exact) mass is 387 g/mol. The van der Waals surface area contributed by atoms with E-state index in [1.54, 1.807) is 24.3 Å². The van der Waals surface area contributed by atoms with Crippen molar-refractivity contribution < 1.29 is 14.1 Å². The van der Waals surface area contributed by atoms with E-state index in [-0.39, 0.29) is 11.3 Å². The first-order valence-electron chi connectivity index (χ1n) is 8.76. The van der Waals surface area contributed by atoms with E-state index in [0.717, 1.165) is 11.1 Å². The molecule has 0 aliphatic carbocycles. The maximum Gasteiger partial charge on any atom is 0.270 e. The van der Waals surface area contributed by atoms with Gasteiger partial charge < -0.3 is 9.73 Å². The van der Waals surface area contributed by atoms with Crippen molar-refractivity contribution in [2.75, 3.05) is 0 Å². The van der Waals surface area contributed by atoms with Gasteiger partial charge in [-0.2, -0.15) is 5.26 Å². The lowest BCUT2D eigenvalue weighted by molar-refractivity contribution is -0.384. The lowest BCUT2D eigenvalue weighted by atomic mass is 10.1. The highest BCUT2D eigenvalue weighted by Gasteiger charge is 2.12. The Labute approximate surface area is 167 Å². The number of nitrogens with zero attached hydrogens (tertiary/aromatic N) is 2. The van der Waals surface area contributed by atoms with Crippen molar-refractivity contribution in [3.05, 3.63) is 93.2 Å². The van der Waals surface area contributed by atoms with Crippen molar-refractivity contribution in [3.8, 4) is 17.4 Å². The van der Waals surface area contributed by atoms with Crippen molar-refractivity contribution in [1.82, 2.24) is 5.32 Å². The third-order valence-corrected chi connectivity index (χ3v) is 4.19. The average Bonchev–Trinajstić information content (AvgIpc) is 3.20. The highest BCUT2D eigenvalue weighted by atomic mass is 16.6. The van der Waals surface area contributed by atoms with Crippen molar-refractivity contribution in [1.29, 1.82) is 5.26 Å². The first-order valence-corrected chi connectivity index (χ1v) is 8.76. The van der Waals surface area contributed by atoms with Gasteiger partial charge in [0.15, 0.2) is 0 Å². The number of hydrogen-bond acceptors (Lipinski definition) is 5. The zero-order valence-corrected chi connectivity index (χ0v) is 15.6. The number of carbonyl (C=O) groups excluding carboxylic acids is 1. The van der Waals surface area contributed by atoms with Crippen LogP contribution in [0.2, 0.25) is 0 Å². The van der Waals surface area contributed by atoms with E-state index in [1.807, 2.05) is 37.3 Å². The molecule has 0 saturated heterocycles. The second kappa shape index (κ2) is 8.67. The fourth-order valence-corrected chi connectivity index (χ4v) is 2.63. The molecule has 0 radical (unpaired) electrons. The molecule has 3 aromatic rings. The summed E-state index contributed by atoms with van der Waals surface area (Å²) in [6, 6.07) is 18.8. The van der Waals surface area contributed by atoms with Gasteiger partial charge in [-0.25, -0.2) is 0 Å². The van der Waals surface area contributed by atoms with E-state index in [0.29, 0.717) is 23.6 Å². The molecule has 0 atom stereocenters. The number of aryl methyl sites for hydroxylation is 1. The number of carbonyl (C=O) groups is 1. The summed E-state index contributed by atoms with van der Waals surface area (Å²) >= 11 is 0. The summed E-state index contributed by atoms with van der Waals surface area (Å²) in [5, 5.41) is 22.9. The van der Waals surface area contributed by atoms with Gasteiger partial charge in [0.1, 0.15) is 23.2 Å². The van der Waals surface area contributed by atoms with Crippen LogP contribution in [-0.4, -0.2) is 10.8 Å². The Bertz CT molecular complexity index is 1120. The summed E-state index contributed by atoms with van der Waals surface area (Å²) in [4.78, 5) is 22.7. The van der Waals surface area contributed by atoms with Gasteiger partial charge in [-0.1, -0.05) is 42.0 Å². The topological polar surface area (TPSA) is 109 Å². The molecule has 1 aromatic heterocycles. The van der Waals surface area contributed by atoms with E-state index in [2.05, 4.69) is 5.32 Å². The molecule has 0 unspecified atom stereocenters.